The molecule has 2 unspecified atom stereocenters. The molecule has 1 aromatic heterocycles. The van der Waals surface area contributed by atoms with Gasteiger partial charge in [0.2, 0.25) is 0 Å². The van der Waals surface area contributed by atoms with E-state index in [9.17, 15) is 0 Å². The normalized spacial score (nSPS) is 15.1. The Bertz CT molecular complexity index is 572. The highest BCUT2D eigenvalue weighted by Gasteiger charge is 2.17. The van der Waals surface area contributed by atoms with E-state index in [1.165, 1.54) is 11.1 Å². The summed E-state index contributed by atoms with van der Waals surface area (Å²) in [7, 11) is 4.19. The summed E-state index contributed by atoms with van der Waals surface area (Å²) in [6, 6.07) is 6.79. The van der Waals surface area contributed by atoms with Crippen LogP contribution in [0.1, 0.15) is 30.6 Å². The quantitative estimate of drug-likeness (QED) is 0.798. The van der Waals surface area contributed by atoms with E-state index in [-0.39, 0.29) is 5.38 Å². The summed E-state index contributed by atoms with van der Waals surface area (Å²) < 4.78 is 2.25. The average Bonchev–Trinajstić information content (AvgIpc) is 2.67. The number of imidazole rings is 1. The van der Waals surface area contributed by atoms with E-state index in [1.807, 2.05) is 6.92 Å². The summed E-state index contributed by atoms with van der Waals surface area (Å²) in [5, 5.41) is -0.0814. The van der Waals surface area contributed by atoms with Gasteiger partial charge in [-0.1, -0.05) is 6.07 Å². The zero-order chi connectivity index (χ0) is 14.2. The van der Waals surface area contributed by atoms with Crippen LogP contribution in [0.4, 0.5) is 0 Å². The van der Waals surface area contributed by atoms with Crippen molar-refractivity contribution in [2.45, 2.75) is 38.7 Å². The number of benzene rings is 1. The first-order valence-electron chi connectivity index (χ1n) is 6.67. The lowest BCUT2D eigenvalue weighted by Gasteiger charge is -2.22. The number of nitrogens with zero attached hydrogens (tertiary/aromatic N) is 3. The standard InChI is InChI=1S/C15H22ClN3/c1-10-6-7-13-14(8-10)19(9-11(2)18(4)5)15(17-13)12(3)16/h6-8,11-12H,9H2,1-5H3. The predicted molar refractivity (Wildman–Crippen MR) is 81.9 cm³/mol. The zero-order valence-corrected chi connectivity index (χ0v) is 13.1. The van der Waals surface area contributed by atoms with Crippen LogP contribution in [0.2, 0.25) is 0 Å². The van der Waals surface area contributed by atoms with E-state index in [2.05, 4.69) is 60.6 Å². The van der Waals surface area contributed by atoms with Crippen LogP contribution < -0.4 is 0 Å². The van der Waals surface area contributed by atoms with E-state index >= 15 is 0 Å². The highest BCUT2D eigenvalue weighted by atomic mass is 35.5. The third-order valence-electron chi connectivity index (χ3n) is 3.62. The molecule has 0 amide bonds. The van der Waals surface area contributed by atoms with E-state index in [1.54, 1.807) is 0 Å². The molecular formula is C15H22ClN3. The SMILES string of the molecule is Cc1ccc2nc(C(C)Cl)n(CC(C)N(C)C)c2c1. The summed E-state index contributed by atoms with van der Waals surface area (Å²) in [4.78, 5) is 6.89. The molecule has 0 bridgehead atoms. The van der Waals surface area contributed by atoms with Gasteiger partial charge in [0.15, 0.2) is 0 Å². The zero-order valence-electron chi connectivity index (χ0n) is 12.3. The molecule has 0 saturated carbocycles. The Morgan fingerprint density at radius 3 is 2.58 bits per heavy atom. The summed E-state index contributed by atoms with van der Waals surface area (Å²) in [5.41, 5.74) is 3.45. The first kappa shape index (κ1) is 14.4. The molecule has 2 aromatic rings. The van der Waals surface area contributed by atoms with Gasteiger partial charge in [0.25, 0.3) is 0 Å². The molecule has 4 heteroatoms. The summed E-state index contributed by atoms with van der Waals surface area (Å²) in [6.07, 6.45) is 0. The van der Waals surface area contributed by atoms with Crippen LogP contribution in [0.15, 0.2) is 18.2 Å². The second-order valence-electron chi connectivity index (χ2n) is 5.50. The fraction of sp³-hybridized carbons (Fsp3) is 0.533. The van der Waals surface area contributed by atoms with E-state index < -0.39 is 0 Å². The van der Waals surface area contributed by atoms with Crippen molar-refractivity contribution in [3.63, 3.8) is 0 Å². The topological polar surface area (TPSA) is 21.1 Å². The van der Waals surface area contributed by atoms with Gasteiger partial charge < -0.3 is 9.47 Å². The lowest BCUT2D eigenvalue weighted by atomic mass is 10.2. The lowest BCUT2D eigenvalue weighted by molar-refractivity contribution is 0.284. The van der Waals surface area contributed by atoms with Crippen LogP contribution in [-0.2, 0) is 6.54 Å². The Kier molecular flexibility index (Phi) is 4.16. The largest absolute Gasteiger partial charge is 0.325 e. The highest BCUT2D eigenvalue weighted by molar-refractivity contribution is 6.20. The number of likely N-dealkylation sites (N-methyl/N-ethyl adjacent to an activating group) is 1. The van der Waals surface area contributed by atoms with Crippen LogP contribution in [0.5, 0.6) is 0 Å². The van der Waals surface area contributed by atoms with Crippen molar-refractivity contribution in [2.24, 2.45) is 0 Å². The Hall–Kier alpha value is -1.06. The molecule has 0 N–H and O–H groups in total. The van der Waals surface area contributed by atoms with Gasteiger partial charge >= 0.3 is 0 Å². The molecule has 0 spiro atoms. The second-order valence-corrected chi connectivity index (χ2v) is 6.16. The van der Waals surface area contributed by atoms with Crippen LogP contribution >= 0.6 is 11.6 Å². The number of halogens is 1. The number of hydrogen-bond acceptors (Lipinski definition) is 2. The maximum atomic E-state index is 6.29. The minimum Gasteiger partial charge on any atom is -0.325 e. The highest BCUT2D eigenvalue weighted by Crippen LogP contribution is 2.25. The number of aromatic nitrogens is 2. The van der Waals surface area contributed by atoms with Gasteiger partial charge in [0, 0.05) is 12.6 Å². The number of fused-ring (bicyclic) bond motifs is 1. The van der Waals surface area contributed by atoms with E-state index in [0.717, 1.165) is 17.9 Å². The number of hydrogen-bond donors (Lipinski definition) is 0. The maximum Gasteiger partial charge on any atom is 0.127 e. The Morgan fingerprint density at radius 1 is 1.32 bits per heavy atom. The fourth-order valence-corrected chi connectivity index (χ4v) is 2.34. The maximum absolute atomic E-state index is 6.29. The summed E-state index contributed by atoms with van der Waals surface area (Å²) in [5.74, 6) is 0.955. The molecule has 0 aliphatic rings. The molecule has 0 fully saturated rings. The molecule has 104 valence electrons. The van der Waals surface area contributed by atoms with Crippen molar-refractivity contribution in [3.8, 4) is 0 Å². The first-order chi connectivity index (χ1) is 8.90. The minimum absolute atomic E-state index is 0.0814. The molecule has 2 rings (SSSR count). The third kappa shape index (κ3) is 2.93. The van der Waals surface area contributed by atoms with Crippen molar-refractivity contribution < 1.29 is 0 Å². The van der Waals surface area contributed by atoms with Gasteiger partial charge in [-0.05, 0) is 52.6 Å². The third-order valence-corrected chi connectivity index (χ3v) is 3.81. The molecule has 1 heterocycles. The van der Waals surface area contributed by atoms with Gasteiger partial charge in [-0.2, -0.15) is 0 Å². The predicted octanol–water partition coefficient (Wildman–Crippen LogP) is 3.59. The Balaban J connectivity index is 2.54. The number of alkyl halides is 1. The van der Waals surface area contributed by atoms with Crippen molar-refractivity contribution in [2.75, 3.05) is 14.1 Å². The molecular weight excluding hydrogens is 258 g/mol. The van der Waals surface area contributed by atoms with Gasteiger partial charge in [-0.15, -0.1) is 11.6 Å². The van der Waals surface area contributed by atoms with Crippen molar-refractivity contribution in [1.29, 1.82) is 0 Å². The molecule has 0 aliphatic heterocycles. The molecule has 0 aliphatic carbocycles. The minimum atomic E-state index is -0.0814. The Labute approximate surface area is 120 Å². The number of aryl methyl sites for hydroxylation is 1. The first-order valence-corrected chi connectivity index (χ1v) is 7.11. The lowest BCUT2D eigenvalue weighted by Crippen LogP contribution is -2.29. The second kappa shape index (κ2) is 5.51. The smallest absolute Gasteiger partial charge is 0.127 e. The molecule has 0 radical (unpaired) electrons. The van der Waals surface area contributed by atoms with Crippen LogP contribution in [0.25, 0.3) is 11.0 Å². The van der Waals surface area contributed by atoms with Gasteiger partial charge in [0.1, 0.15) is 5.82 Å². The average molecular weight is 280 g/mol. The van der Waals surface area contributed by atoms with E-state index in [0.29, 0.717) is 6.04 Å². The Morgan fingerprint density at radius 2 is 2.00 bits per heavy atom. The molecule has 0 saturated heterocycles. The van der Waals surface area contributed by atoms with Crippen molar-refractivity contribution in [3.05, 3.63) is 29.6 Å². The summed E-state index contributed by atoms with van der Waals surface area (Å²) in [6.45, 7) is 7.20. The number of rotatable bonds is 4. The molecule has 1 aromatic carbocycles. The van der Waals surface area contributed by atoms with Crippen LogP contribution in [0.3, 0.4) is 0 Å². The van der Waals surface area contributed by atoms with Crippen molar-refractivity contribution >= 4 is 22.6 Å². The van der Waals surface area contributed by atoms with Crippen molar-refractivity contribution in [1.82, 2.24) is 14.5 Å². The van der Waals surface area contributed by atoms with Crippen LogP contribution in [-0.4, -0.2) is 34.6 Å². The monoisotopic (exact) mass is 279 g/mol. The van der Waals surface area contributed by atoms with Crippen LogP contribution in [0, 0.1) is 6.92 Å². The molecule has 19 heavy (non-hydrogen) atoms. The van der Waals surface area contributed by atoms with Gasteiger partial charge in [0.05, 0.1) is 16.4 Å². The summed E-state index contributed by atoms with van der Waals surface area (Å²) >= 11 is 6.29. The van der Waals surface area contributed by atoms with Gasteiger partial charge in [-0.25, -0.2) is 4.98 Å². The van der Waals surface area contributed by atoms with Gasteiger partial charge in [-0.3, -0.25) is 0 Å². The molecule has 3 nitrogen and oxygen atoms in total. The fourth-order valence-electron chi connectivity index (χ4n) is 2.17. The van der Waals surface area contributed by atoms with E-state index in [4.69, 9.17) is 11.6 Å². The molecule has 2 atom stereocenters.